The molecule has 0 radical (unpaired) electrons. The Hall–Kier alpha value is -2.24. The van der Waals surface area contributed by atoms with E-state index < -0.39 is 83.7 Å². The zero-order chi connectivity index (χ0) is 41.7. The molecule has 0 aliphatic carbocycles. The molecule has 0 spiro atoms. The number of carbonyl (C=O) groups excluding carboxylic acids is 2. The van der Waals surface area contributed by atoms with Gasteiger partial charge in [-0.3, -0.25) is 23.2 Å². The van der Waals surface area contributed by atoms with E-state index in [9.17, 15) is 43.5 Å². The molecule has 6 N–H and O–H groups in total. The molecule has 18 nitrogen and oxygen atoms in total. The fraction of sp³-hybridized carbons (Fsp3) is 0.833. The van der Waals surface area contributed by atoms with E-state index in [1.807, 2.05) is 0 Å². The summed E-state index contributed by atoms with van der Waals surface area (Å²) in [6, 6.07) is 1.24. The van der Waals surface area contributed by atoms with E-state index in [-0.39, 0.29) is 18.7 Å². The molecule has 1 aromatic heterocycles. The number of nitrogens with two attached hydrogens (primary N) is 1. The molecule has 0 bridgehead atoms. The van der Waals surface area contributed by atoms with Gasteiger partial charge >= 0.3 is 33.3 Å². The number of ether oxygens (including phenoxy) is 3. The van der Waals surface area contributed by atoms with Crippen LogP contribution in [0.5, 0.6) is 0 Å². The van der Waals surface area contributed by atoms with Gasteiger partial charge in [-0.05, 0) is 30.7 Å². The Morgan fingerprint density at radius 3 is 1.88 bits per heavy atom. The number of aromatic nitrogens is 2. The van der Waals surface area contributed by atoms with Crippen molar-refractivity contribution in [1.29, 1.82) is 0 Å². The summed E-state index contributed by atoms with van der Waals surface area (Å²) in [5.41, 5.74) is 4.56. The van der Waals surface area contributed by atoms with E-state index in [1.54, 1.807) is 0 Å². The van der Waals surface area contributed by atoms with Crippen LogP contribution in [-0.4, -0.2) is 85.7 Å². The molecule has 1 aliphatic rings. The molecule has 0 aromatic carbocycles. The molecule has 56 heavy (non-hydrogen) atoms. The quantitative estimate of drug-likeness (QED) is 0.0353. The van der Waals surface area contributed by atoms with E-state index in [1.165, 1.54) is 25.3 Å². The number of nitrogens with zero attached hydrogens (tertiary/aromatic N) is 2. The van der Waals surface area contributed by atoms with E-state index >= 15 is 0 Å². The minimum atomic E-state index is -5.40. The third kappa shape index (κ3) is 21.0. The Balaban J connectivity index is 1.89. The second kappa shape index (κ2) is 26.0. The summed E-state index contributed by atoms with van der Waals surface area (Å²) >= 11 is 0. The number of phosphoric ester groups is 2. The average molecular weight is 842 g/mol. The molecule has 0 saturated carbocycles. The fourth-order valence-corrected chi connectivity index (χ4v) is 8.03. The van der Waals surface area contributed by atoms with E-state index in [0.717, 1.165) is 68.6 Å². The summed E-state index contributed by atoms with van der Waals surface area (Å²) in [6.07, 6.45) is 7.41. The van der Waals surface area contributed by atoms with Crippen LogP contribution in [0.4, 0.5) is 5.82 Å². The molecule has 1 saturated heterocycles. The maximum atomic E-state index is 12.7. The number of rotatable bonds is 30. The zero-order valence-corrected chi connectivity index (χ0v) is 35.1. The smallest absolute Gasteiger partial charge is 0.462 e. The lowest BCUT2D eigenvalue weighted by atomic mass is 10.0. The van der Waals surface area contributed by atoms with Gasteiger partial charge in [0.15, 0.2) is 12.3 Å². The Morgan fingerprint density at radius 2 is 1.32 bits per heavy atom. The van der Waals surface area contributed by atoms with Gasteiger partial charge in [-0.15, -0.1) is 0 Å². The highest BCUT2D eigenvalue weighted by Crippen LogP contribution is 2.60. The number of unbranched alkanes of at least 4 members (excludes halogenated alkanes) is 10. The number of aliphatic hydroxyl groups excluding tert-OH is 2. The van der Waals surface area contributed by atoms with Gasteiger partial charge in [-0.2, -0.15) is 9.29 Å². The number of hydrogen-bond donors (Lipinski definition) is 5. The fourth-order valence-electron chi connectivity index (χ4n) is 5.92. The maximum absolute atomic E-state index is 12.7. The number of nitrogen functional groups attached to an aromatic ring is 1. The summed E-state index contributed by atoms with van der Waals surface area (Å²) in [5.74, 6) is 0.0329. The van der Waals surface area contributed by atoms with Gasteiger partial charge in [-0.25, -0.2) is 13.9 Å². The molecule has 2 heterocycles. The maximum Gasteiger partial charge on any atom is 0.481 e. The molecule has 20 heteroatoms. The van der Waals surface area contributed by atoms with Crippen molar-refractivity contribution in [3.05, 3.63) is 22.7 Å². The van der Waals surface area contributed by atoms with Crippen molar-refractivity contribution in [2.75, 3.05) is 25.6 Å². The summed E-state index contributed by atoms with van der Waals surface area (Å²) in [5, 5.41) is 20.8. The second-order valence-electron chi connectivity index (χ2n) is 15.1. The van der Waals surface area contributed by atoms with Crippen LogP contribution in [0.1, 0.15) is 137 Å². The van der Waals surface area contributed by atoms with Crippen molar-refractivity contribution in [3.63, 3.8) is 0 Å². The van der Waals surface area contributed by atoms with Crippen molar-refractivity contribution in [1.82, 2.24) is 9.55 Å². The van der Waals surface area contributed by atoms with E-state index in [0.29, 0.717) is 24.7 Å². The van der Waals surface area contributed by atoms with E-state index in [4.69, 9.17) is 29.0 Å². The standard InChI is InChI=1S/C36H65N3O15P2/c1-26(2)17-13-9-5-7-11-15-19-31(40)49-23-28(52-32(41)20-16-12-8-6-10-14-18-27(3)4)24-50-55(45,46)54-56(47,48)51-25-29-33(42)34(43)35(53-29)39-22-21-30(37)38-36(39)44/h21-22,26-29,33-35,42-43H,5-20,23-25H2,1-4H3,(H,45,46)(H,47,48)(H2,37,38,44)/t28-,29-,33+,34?,35-/m1/s1. The highest BCUT2D eigenvalue weighted by Gasteiger charge is 2.46. The summed E-state index contributed by atoms with van der Waals surface area (Å²) in [4.78, 5) is 61.2. The molecular formula is C36H65N3O15P2. The Morgan fingerprint density at radius 1 is 0.804 bits per heavy atom. The number of anilines is 1. The molecule has 0 amide bonds. The number of hydrogen-bond acceptors (Lipinski definition) is 15. The molecule has 1 aromatic rings. The first kappa shape index (κ1) is 49.9. The normalized spacial score (nSPS) is 21.2. The van der Waals surface area contributed by atoms with Crippen LogP contribution in [0, 0.1) is 11.8 Å². The molecule has 7 atom stereocenters. The Bertz CT molecular complexity index is 1460. The Kier molecular flexibility index (Phi) is 23.2. The van der Waals surface area contributed by atoms with Gasteiger partial charge in [0.1, 0.15) is 30.7 Å². The third-order valence-electron chi connectivity index (χ3n) is 9.05. The van der Waals surface area contributed by atoms with Crippen LogP contribution in [-0.2, 0) is 46.3 Å². The summed E-state index contributed by atoms with van der Waals surface area (Å²) in [6.45, 7) is 6.47. The average Bonchev–Trinajstić information content (AvgIpc) is 3.38. The van der Waals surface area contributed by atoms with Gasteiger partial charge in [0.25, 0.3) is 0 Å². The number of esters is 2. The minimum absolute atomic E-state index is 0.0503. The monoisotopic (exact) mass is 841 g/mol. The summed E-state index contributed by atoms with van der Waals surface area (Å²) in [7, 11) is -10.8. The lowest BCUT2D eigenvalue weighted by Gasteiger charge is -2.21. The SMILES string of the molecule is CC(C)CCCCCCCCC(=O)OC[C@H](COP(=O)(O)OP(=O)(O)OC[C@H]1O[C@@H](n2ccc(N)nc2=O)C(O)[C@H]1O)OC(=O)CCCCCCCCC(C)C. The van der Waals surface area contributed by atoms with Crippen LogP contribution in [0.3, 0.4) is 0 Å². The van der Waals surface area contributed by atoms with Crippen molar-refractivity contribution < 1.29 is 66.3 Å². The minimum Gasteiger partial charge on any atom is -0.462 e. The number of phosphoric acid groups is 2. The highest BCUT2D eigenvalue weighted by atomic mass is 31.3. The van der Waals surface area contributed by atoms with Crippen LogP contribution in [0.25, 0.3) is 0 Å². The van der Waals surface area contributed by atoms with Crippen LogP contribution >= 0.6 is 15.6 Å². The van der Waals surface area contributed by atoms with Crippen LogP contribution in [0.2, 0.25) is 0 Å². The number of aliphatic hydroxyl groups is 2. The largest absolute Gasteiger partial charge is 0.481 e. The first-order valence-corrected chi connectivity index (χ1v) is 22.8. The van der Waals surface area contributed by atoms with Gasteiger partial charge in [0.2, 0.25) is 0 Å². The molecule has 324 valence electrons. The van der Waals surface area contributed by atoms with Crippen molar-refractivity contribution in [2.24, 2.45) is 11.8 Å². The molecule has 1 aliphatic heterocycles. The Labute approximate surface area is 330 Å². The second-order valence-corrected chi connectivity index (χ2v) is 18.1. The molecule has 3 unspecified atom stereocenters. The molecule has 1 fully saturated rings. The zero-order valence-electron chi connectivity index (χ0n) is 33.3. The predicted octanol–water partition coefficient (Wildman–Crippen LogP) is 5.70. The van der Waals surface area contributed by atoms with Gasteiger partial charge < -0.3 is 39.9 Å². The lowest BCUT2D eigenvalue weighted by molar-refractivity contribution is -0.161. The van der Waals surface area contributed by atoms with Gasteiger partial charge in [0.05, 0.1) is 13.2 Å². The first-order valence-electron chi connectivity index (χ1n) is 19.8. The first-order chi connectivity index (χ1) is 26.4. The lowest BCUT2D eigenvalue weighted by Crippen LogP contribution is -2.36. The van der Waals surface area contributed by atoms with Gasteiger partial charge in [0, 0.05) is 19.0 Å². The summed E-state index contributed by atoms with van der Waals surface area (Å²) < 4.78 is 56.2. The van der Waals surface area contributed by atoms with Crippen molar-refractivity contribution in [2.45, 2.75) is 161 Å². The molecule has 2 rings (SSSR count). The van der Waals surface area contributed by atoms with Crippen molar-refractivity contribution >= 4 is 33.4 Å². The van der Waals surface area contributed by atoms with Crippen LogP contribution < -0.4 is 11.4 Å². The number of carbonyl (C=O) groups is 2. The molecular weight excluding hydrogens is 776 g/mol. The topological polar surface area (TPSA) is 265 Å². The third-order valence-corrected chi connectivity index (χ3v) is 11.6. The van der Waals surface area contributed by atoms with Crippen molar-refractivity contribution in [3.8, 4) is 0 Å². The predicted molar refractivity (Wildman–Crippen MR) is 206 cm³/mol. The van der Waals surface area contributed by atoms with E-state index in [2.05, 4.69) is 37.0 Å². The van der Waals surface area contributed by atoms with Gasteiger partial charge in [-0.1, -0.05) is 105 Å². The van der Waals surface area contributed by atoms with Crippen LogP contribution in [0.15, 0.2) is 17.1 Å². The highest BCUT2D eigenvalue weighted by molar-refractivity contribution is 7.61.